The van der Waals surface area contributed by atoms with Gasteiger partial charge in [-0.1, -0.05) is 59.6 Å². The molecule has 1 aromatic heterocycles. The second kappa shape index (κ2) is 13.2. The smallest absolute Gasteiger partial charge is 0.412 e. The fourth-order valence-corrected chi connectivity index (χ4v) is 4.55. The van der Waals surface area contributed by atoms with Crippen molar-refractivity contribution >= 4 is 58.5 Å². The number of nitrogens with one attached hydrogen (secondary N) is 2. The number of carbonyl (C=O) groups excluding carboxylic acids is 4. The van der Waals surface area contributed by atoms with E-state index in [1.54, 1.807) is 30.3 Å². The van der Waals surface area contributed by atoms with Crippen LogP contribution < -0.4 is 16.6 Å². The largest absolute Gasteiger partial charge is 0.480 e. The zero-order valence-electron chi connectivity index (χ0n) is 21.3. The van der Waals surface area contributed by atoms with Crippen LogP contribution in [0.4, 0.5) is 10.5 Å². The van der Waals surface area contributed by atoms with E-state index >= 15 is 0 Å². The van der Waals surface area contributed by atoms with Gasteiger partial charge in [-0.25, -0.2) is 9.59 Å². The zero-order valence-corrected chi connectivity index (χ0v) is 22.8. The van der Waals surface area contributed by atoms with Crippen LogP contribution in [-0.4, -0.2) is 52.3 Å². The Labute approximate surface area is 242 Å². The molecular formula is C27H23Cl2N3O9. The Morgan fingerprint density at radius 3 is 2.22 bits per heavy atom. The number of Topliss-reactive ketones (excluding diaryl/α,β-unsaturated/α-hetero) is 2. The van der Waals surface area contributed by atoms with Crippen molar-refractivity contribution in [3.63, 3.8) is 0 Å². The van der Waals surface area contributed by atoms with E-state index in [2.05, 4.69) is 10.3 Å². The molecule has 0 bridgehead atoms. The van der Waals surface area contributed by atoms with Crippen LogP contribution >= 0.6 is 23.2 Å². The van der Waals surface area contributed by atoms with Crippen molar-refractivity contribution < 1.29 is 38.6 Å². The lowest BCUT2D eigenvalue weighted by atomic mass is 9.69. The molecule has 2 unspecified atom stereocenters. The summed E-state index contributed by atoms with van der Waals surface area (Å²) in [6.07, 6.45) is -0.143. The fraction of sp³-hybridized carbons (Fsp3) is 0.185. The molecule has 2 atom stereocenters. The quantitative estimate of drug-likeness (QED) is 0.187. The first-order valence-corrected chi connectivity index (χ1v) is 12.5. The van der Waals surface area contributed by atoms with E-state index in [1.807, 2.05) is 0 Å². The molecule has 12 nitrogen and oxygen atoms in total. The zero-order chi connectivity index (χ0) is 30.3. The third-order valence-electron chi connectivity index (χ3n) is 6.04. The molecule has 0 saturated heterocycles. The Hall–Kier alpha value is -4.52. The first kappa shape index (κ1) is 31.0. The van der Waals surface area contributed by atoms with Crippen LogP contribution in [0.15, 0.2) is 65.6 Å². The Morgan fingerprint density at radius 1 is 1.00 bits per heavy atom. The average Bonchev–Trinajstić information content (AvgIpc) is 2.92. The van der Waals surface area contributed by atoms with Crippen molar-refractivity contribution in [3.8, 4) is 0 Å². The molecule has 1 amide bonds. The molecule has 0 aliphatic carbocycles. The summed E-state index contributed by atoms with van der Waals surface area (Å²) in [5, 5.41) is 12.2. The number of amides is 1. The molecule has 0 spiro atoms. The average molecular weight is 604 g/mol. The number of hydrogen-bond acceptors (Lipinski definition) is 9. The van der Waals surface area contributed by atoms with Gasteiger partial charge in [0.1, 0.15) is 12.3 Å². The molecule has 214 valence electrons. The third-order valence-corrected chi connectivity index (χ3v) is 6.67. The molecule has 0 aliphatic heterocycles. The highest BCUT2D eigenvalue weighted by molar-refractivity contribution is 6.39. The number of benzene rings is 2. The highest BCUT2D eigenvalue weighted by Gasteiger charge is 2.55. The minimum absolute atomic E-state index is 0.0683. The summed E-state index contributed by atoms with van der Waals surface area (Å²) >= 11 is 11.9. The Bertz CT molecular complexity index is 1520. The van der Waals surface area contributed by atoms with Crippen molar-refractivity contribution in [2.75, 3.05) is 11.9 Å². The van der Waals surface area contributed by atoms with Crippen LogP contribution in [0.1, 0.15) is 28.4 Å². The number of ether oxygens (including phenoxy) is 2. The van der Waals surface area contributed by atoms with Gasteiger partial charge in [-0.2, -0.15) is 0 Å². The number of carbonyl (C=O) groups is 5. The van der Waals surface area contributed by atoms with E-state index in [1.165, 1.54) is 18.2 Å². The molecule has 5 N–H and O–H groups in total. The van der Waals surface area contributed by atoms with E-state index in [9.17, 15) is 33.9 Å². The van der Waals surface area contributed by atoms with Gasteiger partial charge in [0.2, 0.25) is 0 Å². The highest BCUT2D eigenvalue weighted by Crippen LogP contribution is 2.34. The number of carboxylic acid groups (broad SMARTS) is 1. The fourth-order valence-electron chi connectivity index (χ4n) is 4.00. The van der Waals surface area contributed by atoms with Crippen molar-refractivity contribution in [2.24, 2.45) is 5.73 Å². The standard InChI is InChI=1S/C27H23Cl2N3O9/c1-14(33)27(25(37)38,22(30)19(34)13-40-24(36)20-17(28)8-5-9-18(20)29)16-10-11-31-23(35)21(16)32-26(39)41-12-15-6-3-2-4-7-15/h2-11,22H,12-13,30H2,1H3,(H,31,35)(H,32,39)(H,37,38). The molecule has 41 heavy (non-hydrogen) atoms. The number of aliphatic carboxylic acids is 1. The van der Waals surface area contributed by atoms with Gasteiger partial charge in [0.05, 0.1) is 21.7 Å². The molecule has 3 aromatic rings. The van der Waals surface area contributed by atoms with Crippen LogP contribution in [0.2, 0.25) is 10.0 Å². The van der Waals surface area contributed by atoms with Gasteiger partial charge < -0.3 is 25.3 Å². The number of rotatable bonds is 11. The van der Waals surface area contributed by atoms with Crippen LogP contribution in [0.3, 0.4) is 0 Å². The second-order valence-corrected chi connectivity index (χ2v) is 9.38. The molecule has 14 heteroatoms. The third kappa shape index (κ3) is 6.62. The predicted molar refractivity (Wildman–Crippen MR) is 147 cm³/mol. The highest BCUT2D eigenvalue weighted by atomic mass is 35.5. The minimum Gasteiger partial charge on any atom is -0.480 e. The summed E-state index contributed by atoms with van der Waals surface area (Å²) < 4.78 is 10.1. The number of aromatic amines is 1. The topological polar surface area (TPSA) is 195 Å². The SMILES string of the molecule is CC(=O)C(C(=O)O)(c1cc[nH]c(=O)c1NC(=O)OCc1ccccc1)C(N)C(=O)COC(=O)c1c(Cl)cccc1Cl. The number of hydrogen-bond donors (Lipinski definition) is 4. The number of halogens is 2. The number of pyridine rings is 1. The summed E-state index contributed by atoms with van der Waals surface area (Å²) in [5.41, 5.74) is 1.24. The molecule has 0 radical (unpaired) electrons. The van der Waals surface area contributed by atoms with Crippen LogP contribution in [0.25, 0.3) is 0 Å². The molecule has 3 rings (SSSR count). The van der Waals surface area contributed by atoms with Gasteiger partial charge in [0, 0.05) is 11.8 Å². The number of anilines is 1. The molecule has 0 fully saturated rings. The van der Waals surface area contributed by atoms with Gasteiger partial charge in [0.25, 0.3) is 5.56 Å². The molecule has 0 aliphatic rings. The predicted octanol–water partition coefficient (Wildman–Crippen LogP) is 3.10. The van der Waals surface area contributed by atoms with Gasteiger partial charge >= 0.3 is 18.0 Å². The van der Waals surface area contributed by atoms with Crippen molar-refractivity contribution in [2.45, 2.75) is 25.0 Å². The van der Waals surface area contributed by atoms with Crippen LogP contribution in [0.5, 0.6) is 0 Å². The number of ketones is 2. The van der Waals surface area contributed by atoms with E-state index < -0.39 is 64.5 Å². The molecule has 2 aromatic carbocycles. The van der Waals surface area contributed by atoms with Gasteiger partial charge in [-0.05, 0) is 30.7 Å². The van der Waals surface area contributed by atoms with E-state index in [-0.39, 0.29) is 22.2 Å². The minimum atomic E-state index is -2.89. The van der Waals surface area contributed by atoms with E-state index in [0.29, 0.717) is 5.56 Å². The number of nitrogens with two attached hydrogens (primary N) is 1. The lowest BCUT2D eigenvalue weighted by Crippen LogP contribution is -2.60. The Kier molecular flexibility index (Phi) is 10.0. The Balaban J connectivity index is 1.93. The normalized spacial score (nSPS) is 12.9. The monoisotopic (exact) mass is 603 g/mol. The summed E-state index contributed by atoms with van der Waals surface area (Å²) in [5.74, 6) is -5.36. The van der Waals surface area contributed by atoms with Crippen LogP contribution in [-0.2, 0) is 35.9 Å². The van der Waals surface area contributed by atoms with Crippen molar-refractivity contribution in [1.82, 2.24) is 4.98 Å². The molecule has 0 saturated carbocycles. The second-order valence-electron chi connectivity index (χ2n) is 8.57. The summed E-state index contributed by atoms with van der Waals surface area (Å²) in [4.78, 5) is 78.7. The van der Waals surface area contributed by atoms with Crippen LogP contribution in [0, 0.1) is 0 Å². The van der Waals surface area contributed by atoms with E-state index in [0.717, 1.165) is 19.2 Å². The first-order chi connectivity index (χ1) is 19.4. The Morgan fingerprint density at radius 2 is 1.63 bits per heavy atom. The lowest BCUT2D eigenvalue weighted by Gasteiger charge is -2.33. The van der Waals surface area contributed by atoms with E-state index in [4.69, 9.17) is 38.4 Å². The van der Waals surface area contributed by atoms with Gasteiger partial charge in [0.15, 0.2) is 23.6 Å². The summed E-state index contributed by atoms with van der Waals surface area (Å²) in [6.45, 7) is -0.424. The number of aromatic nitrogens is 1. The van der Waals surface area contributed by atoms with Crippen molar-refractivity contribution in [1.29, 1.82) is 0 Å². The number of H-pyrrole nitrogens is 1. The maximum Gasteiger partial charge on any atom is 0.412 e. The molecule has 1 heterocycles. The lowest BCUT2D eigenvalue weighted by molar-refractivity contribution is -0.152. The molecular weight excluding hydrogens is 581 g/mol. The number of esters is 1. The summed E-state index contributed by atoms with van der Waals surface area (Å²) in [7, 11) is 0. The first-order valence-electron chi connectivity index (χ1n) is 11.7. The summed E-state index contributed by atoms with van der Waals surface area (Å²) in [6, 6.07) is 11.5. The maximum absolute atomic E-state index is 13.1. The maximum atomic E-state index is 13.1. The van der Waals surface area contributed by atoms with Crippen molar-refractivity contribution in [3.05, 3.63) is 97.9 Å². The number of carboxylic acids is 1. The van der Waals surface area contributed by atoms with Gasteiger partial charge in [-0.3, -0.25) is 24.5 Å². The van der Waals surface area contributed by atoms with Gasteiger partial charge in [-0.15, -0.1) is 0 Å².